The highest BCUT2D eigenvalue weighted by molar-refractivity contribution is 8.14. The Bertz CT molecular complexity index is 946. The molecule has 0 aliphatic heterocycles. The number of hydrogen-bond acceptors (Lipinski definition) is 4. The van der Waals surface area contributed by atoms with Gasteiger partial charge in [0.1, 0.15) is 16.5 Å². The summed E-state index contributed by atoms with van der Waals surface area (Å²) in [6.07, 6.45) is 1.74. The predicted molar refractivity (Wildman–Crippen MR) is 118 cm³/mol. The zero-order valence-corrected chi connectivity index (χ0v) is 17.1. The molecule has 0 aliphatic rings. The number of thioether (sulfide) groups is 1. The summed E-state index contributed by atoms with van der Waals surface area (Å²) >= 11 is 1.62. The average Bonchev–Trinajstić information content (AvgIpc) is 2.74. The number of nitrogens with zero attached hydrogens (tertiary/aromatic N) is 1. The van der Waals surface area contributed by atoms with E-state index in [9.17, 15) is 0 Å². The maximum atomic E-state index is 5.83. The van der Waals surface area contributed by atoms with E-state index >= 15 is 0 Å². The molecule has 0 saturated heterocycles. The van der Waals surface area contributed by atoms with E-state index in [2.05, 4.69) is 31.2 Å². The summed E-state index contributed by atoms with van der Waals surface area (Å²) in [5, 5.41) is 0.892. The number of para-hydroxylation sites is 1. The molecule has 4 heteroatoms. The molecule has 3 nitrogen and oxygen atoms in total. The Labute approximate surface area is 170 Å². The highest BCUT2D eigenvalue weighted by atomic mass is 32.2. The predicted octanol–water partition coefficient (Wildman–Crippen LogP) is 6.81. The molecule has 0 fully saturated rings. The summed E-state index contributed by atoms with van der Waals surface area (Å²) < 4.78 is 11.0. The normalized spacial score (nSPS) is 12.0. The molecule has 0 saturated carbocycles. The van der Waals surface area contributed by atoms with Crippen molar-refractivity contribution in [2.45, 2.75) is 18.7 Å². The molecular formula is C24H23NO2S. The van der Waals surface area contributed by atoms with Crippen LogP contribution in [-0.2, 0) is 0 Å². The van der Waals surface area contributed by atoms with Gasteiger partial charge in [-0.25, -0.2) is 4.99 Å². The second kappa shape index (κ2) is 9.81. The highest BCUT2D eigenvalue weighted by Gasteiger charge is 2.07. The second-order valence-corrected chi connectivity index (χ2v) is 7.32. The van der Waals surface area contributed by atoms with Gasteiger partial charge in [-0.05, 0) is 62.4 Å². The topological polar surface area (TPSA) is 30.8 Å². The SMILES string of the molecule is COc1ccc(O/C=C(\C)C(=Nc2ccccc2)Sc2ccc(C)cc2)cc1. The Morgan fingerprint density at radius 2 is 1.50 bits per heavy atom. The lowest BCUT2D eigenvalue weighted by atomic mass is 10.2. The Balaban J connectivity index is 1.83. The monoisotopic (exact) mass is 389 g/mol. The Morgan fingerprint density at radius 1 is 0.857 bits per heavy atom. The van der Waals surface area contributed by atoms with E-state index in [0.29, 0.717) is 0 Å². The number of aliphatic imine (C=N–C) groups is 1. The molecule has 0 aromatic heterocycles. The first kappa shape index (κ1) is 19.8. The van der Waals surface area contributed by atoms with E-state index in [0.717, 1.165) is 32.7 Å². The minimum atomic E-state index is 0.750. The van der Waals surface area contributed by atoms with E-state index < -0.39 is 0 Å². The smallest absolute Gasteiger partial charge is 0.126 e. The minimum absolute atomic E-state index is 0.750. The standard InChI is InChI=1S/C24H23NO2S/c1-18-9-15-23(16-10-18)28-24(25-20-7-5-4-6-8-20)19(2)17-27-22-13-11-21(26-3)12-14-22/h4-17H,1-3H3/b19-17+,25-24?. The van der Waals surface area contributed by atoms with Crippen LogP contribution in [0.25, 0.3) is 0 Å². The number of ether oxygens (including phenoxy) is 2. The van der Waals surface area contributed by atoms with Crippen molar-refractivity contribution in [3.05, 3.63) is 96.3 Å². The van der Waals surface area contributed by atoms with Crippen LogP contribution in [-0.4, -0.2) is 12.2 Å². The number of methoxy groups -OCH3 is 1. The quantitative estimate of drug-likeness (QED) is 0.201. The minimum Gasteiger partial charge on any atom is -0.497 e. The summed E-state index contributed by atoms with van der Waals surface area (Å²) in [7, 11) is 1.65. The lowest BCUT2D eigenvalue weighted by molar-refractivity contribution is 0.412. The van der Waals surface area contributed by atoms with Gasteiger partial charge in [-0.15, -0.1) is 0 Å². The number of hydrogen-bond donors (Lipinski definition) is 0. The third-order valence-electron chi connectivity index (χ3n) is 3.99. The van der Waals surface area contributed by atoms with Gasteiger partial charge in [0.25, 0.3) is 0 Å². The lowest BCUT2D eigenvalue weighted by Crippen LogP contribution is -1.97. The van der Waals surface area contributed by atoms with Crippen LogP contribution in [0, 0.1) is 6.92 Å². The molecule has 0 atom stereocenters. The molecule has 0 aliphatic carbocycles. The summed E-state index contributed by atoms with van der Waals surface area (Å²) in [5.74, 6) is 1.55. The summed E-state index contributed by atoms with van der Waals surface area (Å²) in [6.45, 7) is 4.09. The van der Waals surface area contributed by atoms with Crippen molar-refractivity contribution in [3.63, 3.8) is 0 Å². The van der Waals surface area contributed by atoms with Crippen molar-refractivity contribution in [3.8, 4) is 11.5 Å². The molecule has 3 rings (SSSR count). The van der Waals surface area contributed by atoms with Crippen molar-refractivity contribution < 1.29 is 9.47 Å². The fourth-order valence-electron chi connectivity index (χ4n) is 2.39. The maximum absolute atomic E-state index is 5.83. The van der Waals surface area contributed by atoms with Crippen LogP contribution in [0.5, 0.6) is 11.5 Å². The first-order valence-corrected chi connectivity index (χ1v) is 9.82. The Morgan fingerprint density at radius 3 is 2.14 bits per heavy atom. The van der Waals surface area contributed by atoms with Crippen molar-refractivity contribution in [1.29, 1.82) is 0 Å². The third kappa shape index (κ3) is 5.76. The Hall–Kier alpha value is -2.98. The fourth-order valence-corrected chi connectivity index (χ4v) is 3.25. The molecule has 0 radical (unpaired) electrons. The highest BCUT2D eigenvalue weighted by Crippen LogP contribution is 2.27. The van der Waals surface area contributed by atoms with Gasteiger partial charge in [-0.1, -0.05) is 47.7 Å². The third-order valence-corrected chi connectivity index (χ3v) is 5.11. The molecule has 0 spiro atoms. The maximum Gasteiger partial charge on any atom is 0.126 e. The first-order chi connectivity index (χ1) is 13.6. The molecule has 0 heterocycles. The average molecular weight is 390 g/mol. The summed E-state index contributed by atoms with van der Waals surface area (Å²) in [6, 6.07) is 25.9. The zero-order valence-electron chi connectivity index (χ0n) is 16.3. The van der Waals surface area contributed by atoms with Crippen molar-refractivity contribution >= 4 is 22.5 Å². The van der Waals surface area contributed by atoms with E-state index in [1.165, 1.54) is 5.56 Å². The molecule has 0 unspecified atom stereocenters. The van der Waals surface area contributed by atoms with Crippen LogP contribution in [0.3, 0.4) is 0 Å². The van der Waals surface area contributed by atoms with Crippen LogP contribution in [0.1, 0.15) is 12.5 Å². The van der Waals surface area contributed by atoms with E-state index in [1.807, 2.05) is 61.5 Å². The number of rotatable bonds is 6. The van der Waals surface area contributed by atoms with Crippen LogP contribution in [0.4, 0.5) is 5.69 Å². The molecule has 28 heavy (non-hydrogen) atoms. The van der Waals surface area contributed by atoms with Gasteiger partial charge >= 0.3 is 0 Å². The zero-order chi connectivity index (χ0) is 19.8. The van der Waals surface area contributed by atoms with E-state index in [-0.39, 0.29) is 0 Å². The van der Waals surface area contributed by atoms with Gasteiger partial charge in [0.2, 0.25) is 0 Å². The summed E-state index contributed by atoms with van der Waals surface area (Å²) in [4.78, 5) is 5.96. The molecule has 3 aromatic rings. The first-order valence-electron chi connectivity index (χ1n) is 9.00. The van der Waals surface area contributed by atoms with Crippen LogP contribution in [0.15, 0.2) is 101 Å². The molecule has 142 valence electrons. The molecular weight excluding hydrogens is 366 g/mol. The molecule has 0 N–H and O–H groups in total. The van der Waals surface area contributed by atoms with Gasteiger partial charge in [0.05, 0.1) is 19.1 Å². The lowest BCUT2D eigenvalue weighted by Gasteiger charge is -2.09. The van der Waals surface area contributed by atoms with Gasteiger partial charge in [-0.3, -0.25) is 0 Å². The van der Waals surface area contributed by atoms with Gasteiger partial charge < -0.3 is 9.47 Å². The van der Waals surface area contributed by atoms with E-state index in [4.69, 9.17) is 14.5 Å². The largest absolute Gasteiger partial charge is 0.497 e. The van der Waals surface area contributed by atoms with Gasteiger partial charge in [0.15, 0.2) is 0 Å². The van der Waals surface area contributed by atoms with Gasteiger partial charge in [0, 0.05) is 10.5 Å². The van der Waals surface area contributed by atoms with E-state index in [1.54, 1.807) is 25.1 Å². The van der Waals surface area contributed by atoms with Crippen LogP contribution in [0.2, 0.25) is 0 Å². The molecule has 3 aromatic carbocycles. The van der Waals surface area contributed by atoms with Gasteiger partial charge in [-0.2, -0.15) is 0 Å². The van der Waals surface area contributed by atoms with Crippen LogP contribution >= 0.6 is 11.8 Å². The fraction of sp³-hybridized carbons (Fsp3) is 0.125. The van der Waals surface area contributed by atoms with Crippen LogP contribution < -0.4 is 9.47 Å². The summed E-state index contributed by atoms with van der Waals surface area (Å²) in [5.41, 5.74) is 3.10. The molecule has 0 amide bonds. The van der Waals surface area contributed by atoms with Crippen molar-refractivity contribution in [1.82, 2.24) is 0 Å². The van der Waals surface area contributed by atoms with Crippen molar-refractivity contribution in [2.24, 2.45) is 4.99 Å². The van der Waals surface area contributed by atoms with Crippen molar-refractivity contribution in [2.75, 3.05) is 7.11 Å². The number of benzene rings is 3. The second-order valence-electron chi connectivity index (χ2n) is 6.26. The Kier molecular flexibility index (Phi) is 6.93. The number of aryl methyl sites for hydroxylation is 1. The molecule has 0 bridgehead atoms.